The number of nitrogens with one attached hydrogen (secondary N) is 2. The Kier molecular flexibility index (Phi) is 5.06. The molecule has 1 rings (SSSR count). The largest absolute Gasteiger partial charge is 0.370 e. The van der Waals surface area contributed by atoms with Gasteiger partial charge in [-0.1, -0.05) is 17.7 Å². The van der Waals surface area contributed by atoms with E-state index < -0.39 is 11.4 Å². The number of aryl methyl sites for hydroxylation is 1. The van der Waals surface area contributed by atoms with Gasteiger partial charge < -0.3 is 16.4 Å². The maximum atomic E-state index is 11.7. The molecule has 0 bridgehead atoms. The molecule has 19 heavy (non-hydrogen) atoms. The smallest absolute Gasteiger partial charge is 0.238 e. The number of primary amides is 1. The summed E-state index contributed by atoms with van der Waals surface area (Å²) >= 11 is 0. The molecule has 1 aromatic rings. The predicted molar refractivity (Wildman–Crippen MR) is 75.7 cm³/mol. The van der Waals surface area contributed by atoms with Crippen LogP contribution in [0.4, 0.5) is 5.69 Å². The van der Waals surface area contributed by atoms with E-state index in [-0.39, 0.29) is 18.9 Å². The number of carbonyl (C=O) groups is 2. The Bertz CT molecular complexity index is 452. The number of hydrogen-bond donors (Lipinski definition) is 3. The minimum Gasteiger partial charge on any atom is -0.370 e. The molecule has 0 aliphatic heterocycles. The molecular weight excluding hydrogens is 242 g/mol. The van der Waals surface area contributed by atoms with E-state index in [4.69, 9.17) is 5.73 Å². The van der Waals surface area contributed by atoms with Crippen molar-refractivity contribution in [3.63, 3.8) is 0 Å². The first-order chi connectivity index (χ1) is 8.78. The molecule has 2 amide bonds. The van der Waals surface area contributed by atoms with Crippen LogP contribution in [0, 0.1) is 6.92 Å². The van der Waals surface area contributed by atoms with Crippen LogP contribution in [-0.2, 0) is 9.59 Å². The zero-order chi connectivity index (χ0) is 14.5. The molecule has 5 nitrogen and oxygen atoms in total. The SMILES string of the molecule is Cc1ccc(NC(=O)CNC(C)(C)CC(N)=O)cc1. The van der Waals surface area contributed by atoms with Crippen LogP contribution >= 0.6 is 0 Å². The van der Waals surface area contributed by atoms with Gasteiger partial charge in [0.1, 0.15) is 0 Å². The van der Waals surface area contributed by atoms with Crippen molar-refractivity contribution in [3.8, 4) is 0 Å². The number of carbonyl (C=O) groups excluding carboxylic acids is 2. The Morgan fingerprint density at radius 2 is 1.79 bits per heavy atom. The second-order valence-corrected chi connectivity index (χ2v) is 5.29. The van der Waals surface area contributed by atoms with E-state index in [0.29, 0.717) is 0 Å². The van der Waals surface area contributed by atoms with Gasteiger partial charge in [-0.05, 0) is 32.9 Å². The zero-order valence-electron chi connectivity index (χ0n) is 11.6. The summed E-state index contributed by atoms with van der Waals surface area (Å²) in [7, 11) is 0. The summed E-state index contributed by atoms with van der Waals surface area (Å²) in [6.45, 7) is 5.78. The fraction of sp³-hybridized carbons (Fsp3) is 0.429. The highest BCUT2D eigenvalue weighted by Crippen LogP contribution is 2.09. The number of rotatable bonds is 6. The van der Waals surface area contributed by atoms with Crippen LogP contribution in [0.25, 0.3) is 0 Å². The van der Waals surface area contributed by atoms with Crippen LogP contribution in [0.15, 0.2) is 24.3 Å². The van der Waals surface area contributed by atoms with Crippen molar-refractivity contribution in [1.82, 2.24) is 5.32 Å². The quantitative estimate of drug-likeness (QED) is 0.720. The lowest BCUT2D eigenvalue weighted by Gasteiger charge is -2.24. The Morgan fingerprint density at radius 3 is 2.32 bits per heavy atom. The Hall–Kier alpha value is -1.88. The standard InChI is InChI=1S/C14H21N3O2/c1-10-4-6-11(7-5-10)17-13(19)9-16-14(2,3)8-12(15)18/h4-7,16H,8-9H2,1-3H3,(H2,15,18)(H,17,19). The summed E-state index contributed by atoms with van der Waals surface area (Å²) in [6, 6.07) is 7.56. The average Bonchev–Trinajstić information content (AvgIpc) is 2.28. The number of nitrogens with two attached hydrogens (primary N) is 1. The van der Waals surface area contributed by atoms with Crippen molar-refractivity contribution < 1.29 is 9.59 Å². The fourth-order valence-electron chi connectivity index (χ4n) is 1.66. The second-order valence-electron chi connectivity index (χ2n) is 5.29. The van der Waals surface area contributed by atoms with Crippen molar-refractivity contribution in [3.05, 3.63) is 29.8 Å². The summed E-state index contributed by atoms with van der Waals surface area (Å²) in [4.78, 5) is 22.6. The lowest BCUT2D eigenvalue weighted by atomic mass is 10.0. The van der Waals surface area contributed by atoms with Crippen LogP contribution in [0.1, 0.15) is 25.8 Å². The fourth-order valence-corrected chi connectivity index (χ4v) is 1.66. The molecule has 0 aromatic heterocycles. The molecule has 0 fully saturated rings. The van der Waals surface area contributed by atoms with Gasteiger partial charge in [-0.3, -0.25) is 9.59 Å². The van der Waals surface area contributed by atoms with Gasteiger partial charge in [0.2, 0.25) is 11.8 Å². The van der Waals surface area contributed by atoms with Crippen molar-refractivity contribution >= 4 is 17.5 Å². The van der Waals surface area contributed by atoms with Gasteiger partial charge in [0.15, 0.2) is 0 Å². The molecule has 0 atom stereocenters. The zero-order valence-corrected chi connectivity index (χ0v) is 11.6. The van der Waals surface area contributed by atoms with E-state index in [9.17, 15) is 9.59 Å². The van der Waals surface area contributed by atoms with Crippen molar-refractivity contribution in [1.29, 1.82) is 0 Å². The maximum absolute atomic E-state index is 11.7. The van der Waals surface area contributed by atoms with E-state index >= 15 is 0 Å². The summed E-state index contributed by atoms with van der Waals surface area (Å²) < 4.78 is 0. The first kappa shape index (κ1) is 15.2. The predicted octanol–water partition coefficient (Wildman–Crippen LogP) is 1.18. The highest BCUT2D eigenvalue weighted by Gasteiger charge is 2.20. The first-order valence-corrected chi connectivity index (χ1v) is 6.18. The highest BCUT2D eigenvalue weighted by atomic mass is 16.2. The van der Waals surface area contributed by atoms with E-state index in [2.05, 4.69) is 10.6 Å². The van der Waals surface area contributed by atoms with E-state index in [1.54, 1.807) is 0 Å². The van der Waals surface area contributed by atoms with Crippen LogP contribution in [0.3, 0.4) is 0 Å². The van der Waals surface area contributed by atoms with Crippen LogP contribution in [0.5, 0.6) is 0 Å². The maximum Gasteiger partial charge on any atom is 0.238 e. The normalized spacial score (nSPS) is 11.1. The van der Waals surface area contributed by atoms with Crippen molar-refractivity contribution in [2.24, 2.45) is 5.73 Å². The number of amides is 2. The van der Waals surface area contributed by atoms with Crippen LogP contribution in [0.2, 0.25) is 0 Å². The lowest BCUT2D eigenvalue weighted by Crippen LogP contribution is -2.46. The third kappa shape index (κ3) is 6.01. The first-order valence-electron chi connectivity index (χ1n) is 6.18. The van der Waals surface area contributed by atoms with Gasteiger partial charge >= 0.3 is 0 Å². The van der Waals surface area contributed by atoms with E-state index in [1.165, 1.54) is 0 Å². The molecule has 4 N–H and O–H groups in total. The summed E-state index contributed by atoms with van der Waals surface area (Å²) in [5.41, 5.74) is 6.55. The van der Waals surface area contributed by atoms with Crippen LogP contribution in [-0.4, -0.2) is 23.9 Å². The van der Waals surface area contributed by atoms with Gasteiger partial charge in [-0.2, -0.15) is 0 Å². The van der Waals surface area contributed by atoms with Crippen LogP contribution < -0.4 is 16.4 Å². The minimum absolute atomic E-state index is 0.133. The van der Waals surface area contributed by atoms with Gasteiger partial charge in [0.05, 0.1) is 6.54 Å². The molecule has 0 aliphatic carbocycles. The summed E-state index contributed by atoms with van der Waals surface area (Å²) in [6.07, 6.45) is 0.185. The number of benzene rings is 1. The summed E-state index contributed by atoms with van der Waals surface area (Å²) in [5.74, 6) is -0.544. The number of hydrogen-bond acceptors (Lipinski definition) is 3. The third-order valence-electron chi connectivity index (χ3n) is 2.68. The Labute approximate surface area is 113 Å². The summed E-state index contributed by atoms with van der Waals surface area (Å²) in [5, 5.41) is 5.79. The van der Waals surface area contributed by atoms with Gasteiger partial charge in [0, 0.05) is 17.6 Å². The monoisotopic (exact) mass is 263 g/mol. The topological polar surface area (TPSA) is 84.2 Å². The minimum atomic E-state index is -0.490. The van der Waals surface area contributed by atoms with Gasteiger partial charge in [-0.15, -0.1) is 0 Å². The molecular formula is C14H21N3O2. The van der Waals surface area contributed by atoms with E-state index in [0.717, 1.165) is 11.3 Å². The highest BCUT2D eigenvalue weighted by molar-refractivity contribution is 5.92. The third-order valence-corrected chi connectivity index (χ3v) is 2.68. The molecule has 5 heteroatoms. The van der Waals surface area contributed by atoms with E-state index in [1.807, 2.05) is 45.0 Å². The Balaban J connectivity index is 2.43. The van der Waals surface area contributed by atoms with Crippen molar-refractivity contribution in [2.75, 3.05) is 11.9 Å². The number of anilines is 1. The molecule has 0 unspecified atom stereocenters. The molecule has 0 saturated carbocycles. The average molecular weight is 263 g/mol. The molecule has 0 aliphatic rings. The molecule has 104 valence electrons. The molecule has 0 spiro atoms. The molecule has 1 aromatic carbocycles. The molecule has 0 radical (unpaired) electrons. The molecule has 0 heterocycles. The van der Waals surface area contributed by atoms with Gasteiger partial charge in [-0.25, -0.2) is 0 Å². The Morgan fingerprint density at radius 1 is 1.21 bits per heavy atom. The lowest BCUT2D eigenvalue weighted by molar-refractivity contribution is -0.120. The molecule has 0 saturated heterocycles. The second kappa shape index (κ2) is 6.33. The van der Waals surface area contributed by atoms with Crippen molar-refractivity contribution in [2.45, 2.75) is 32.7 Å². The van der Waals surface area contributed by atoms with Gasteiger partial charge in [0.25, 0.3) is 0 Å².